The quantitative estimate of drug-likeness (QED) is 0.725. The third-order valence-electron chi connectivity index (χ3n) is 3.35. The first-order chi connectivity index (χ1) is 6.55. The van der Waals surface area contributed by atoms with Crippen molar-refractivity contribution in [1.82, 2.24) is 5.32 Å². The van der Waals surface area contributed by atoms with E-state index in [1.807, 2.05) is 7.11 Å². The second-order valence-corrected chi connectivity index (χ2v) is 6.59. The minimum Gasteiger partial charge on any atom is -0.381 e. The number of nitrogens with one attached hydrogen (secondary N) is 1. The van der Waals surface area contributed by atoms with Gasteiger partial charge in [0.1, 0.15) is 0 Å². The van der Waals surface area contributed by atoms with E-state index >= 15 is 0 Å². The molecule has 1 aliphatic heterocycles. The average molecular weight is 215 g/mol. The van der Waals surface area contributed by atoms with E-state index < -0.39 is 0 Å². The van der Waals surface area contributed by atoms with Crippen LogP contribution in [0.25, 0.3) is 0 Å². The lowest BCUT2D eigenvalue weighted by Crippen LogP contribution is -2.49. The van der Waals surface area contributed by atoms with Crippen molar-refractivity contribution in [2.45, 2.75) is 56.0 Å². The summed E-state index contributed by atoms with van der Waals surface area (Å²) in [5.74, 6) is 1.24. The Hall–Kier alpha value is 0.270. The van der Waals surface area contributed by atoms with E-state index in [1.54, 1.807) is 0 Å². The van der Waals surface area contributed by atoms with Crippen LogP contribution in [-0.4, -0.2) is 29.4 Å². The van der Waals surface area contributed by atoms with Crippen LogP contribution in [0.4, 0.5) is 0 Å². The summed E-state index contributed by atoms with van der Waals surface area (Å²) < 4.78 is 5.41. The van der Waals surface area contributed by atoms with Crippen molar-refractivity contribution in [2.24, 2.45) is 0 Å². The minimum atomic E-state index is 0.324. The molecule has 1 aliphatic carbocycles. The van der Waals surface area contributed by atoms with Crippen molar-refractivity contribution in [1.29, 1.82) is 0 Å². The predicted molar refractivity (Wildman–Crippen MR) is 61.7 cm³/mol. The van der Waals surface area contributed by atoms with Gasteiger partial charge in [-0.05, 0) is 39.5 Å². The van der Waals surface area contributed by atoms with E-state index in [1.165, 1.54) is 31.4 Å². The van der Waals surface area contributed by atoms with Crippen LogP contribution in [-0.2, 0) is 4.74 Å². The molecule has 0 aromatic carbocycles. The third kappa shape index (κ3) is 2.10. The molecule has 1 saturated heterocycles. The van der Waals surface area contributed by atoms with Gasteiger partial charge in [-0.2, -0.15) is 0 Å². The molecule has 0 aromatic rings. The highest BCUT2D eigenvalue weighted by atomic mass is 32.2. The summed E-state index contributed by atoms with van der Waals surface area (Å²) in [5, 5.41) is 3.80. The summed E-state index contributed by atoms with van der Waals surface area (Å²) in [6.45, 7) is 4.61. The summed E-state index contributed by atoms with van der Waals surface area (Å²) in [5.41, 5.74) is 0.324. The molecule has 0 bridgehead atoms. The molecule has 0 unspecified atom stereocenters. The Morgan fingerprint density at radius 1 is 1.29 bits per heavy atom. The molecule has 1 heterocycles. The van der Waals surface area contributed by atoms with E-state index in [-0.39, 0.29) is 0 Å². The first-order valence-electron chi connectivity index (χ1n) is 5.51. The fourth-order valence-corrected chi connectivity index (χ4v) is 4.15. The van der Waals surface area contributed by atoms with Gasteiger partial charge in [-0.15, -0.1) is 11.8 Å². The van der Waals surface area contributed by atoms with Crippen molar-refractivity contribution < 1.29 is 4.74 Å². The topological polar surface area (TPSA) is 21.3 Å². The van der Waals surface area contributed by atoms with Gasteiger partial charge < -0.3 is 4.74 Å². The van der Waals surface area contributed by atoms with E-state index in [4.69, 9.17) is 4.74 Å². The monoisotopic (exact) mass is 215 g/mol. The van der Waals surface area contributed by atoms with Crippen LogP contribution in [0.15, 0.2) is 0 Å². The van der Waals surface area contributed by atoms with Crippen LogP contribution in [0.3, 0.4) is 0 Å². The fourth-order valence-electron chi connectivity index (χ4n) is 2.57. The molecular weight excluding hydrogens is 194 g/mol. The molecule has 1 spiro atoms. The number of rotatable bonds is 1. The van der Waals surface area contributed by atoms with Crippen LogP contribution >= 0.6 is 11.8 Å². The minimum absolute atomic E-state index is 0.324. The molecule has 0 amide bonds. The lowest BCUT2D eigenvalue weighted by atomic mass is 9.90. The van der Waals surface area contributed by atoms with Crippen LogP contribution in [0.5, 0.6) is 0 Å². The van der Waals surface area contributed by atoms with E-state index in [0.717, 1.165) is 0 Å². The Kier molecular flexibility index (Phi) is 2.84. The lowest BCUT2D eigenvalue weighted by molar-refractivity contribution is 0.0562. The molecule has 1 saturated carbocycles. The van der Waals surface area contributed by atoms with E-state index in [9.17, 15) is 0 Å². The van der Waals surface area contributed by atoms with Gasteiger partial charge in [-0.25, -0.2) is 0 Å². The molecule has 2 rings (SSSR count). The first kappa shape index (κ1) is 10.8. The predicted octanol–water partition coefficient (Wildman–Crippen LogP) is 2.39. The van der Waals surface area contributed by atoms with Gasteiger partial charge in [0, 0.05) is 18.4 Å². The summed E-state index contributed by atoms with van der Waals surface area (Å²) in [4.78, 5) is 0.374. The Bertz CT molecular complexity index is 209. The zero-order valence-electron chi connectivity index (χ0n) is 9.43. The number of thioether (sulfide) groups is 1. The van der Waals surface area contributed by atoms with Crippen molar-refractivity contribution in [3.8, 4) is 0 Å². The maximum Gasteiger partial charge on any atom is 0.0652 e. The van der Waals surface area contributed by atoms with Crippen LogP contribution in [0.2, 0.25) is 0 Å². The van der Waals surface area contributed by atoms with Crippen molar-refractivity contribution in [3.05, 3.63) is 0 Å². The normalized spacial score (nSPS) is 41.8. The van der Waals surface area contributed by atoms with Gasteiger partial charge >= 0.3 is 0 Å². The Morgan fingerprint density at radius 2 is 1.93 bits per heavy atom. The Morgan fingerprint density at radius 3 is 2.36 bits per heavy atom. The van der Waals surface area contributed by atoms with E-state index in [2.05, 4.69) is 30.9 Å². The Labute approximate surface area is 91.2 Å². The van der Waals surface area contributed by atoms with Crippen molar-refractivity contribution in [3.63, 3.8) is 0 Å². The summed E-state index contributed by atoms with van der Waals surface area (Å²) in [6, 6.07) is 0. The first-order valence-corrected chi connectivity index (χ1v) is 6.50. The van der Waals surface area contributed by atoms with E-state index in [0.29, 0.717) is 16.5 Å². The van der Waals surface area contributed by atoms with Crippen LogP contribution < -0.4 is 5.32 Å². The SMILES string of the molecule is COC1CCC2(CC1)NC(C)(C)CS2. The molecule has 1 N–H and O–H groups in total. The molecule has 2 nitrogen and oxygen atoms in total. The molecular formula is C11H21NOS. The molecule has 0 atom stereocenters. The highest BCUT2D eigenvalue weighted by Gasteiger charge is 2.45. The maximum atomic E-state index is 5.41. The number of ether oxygens (including phenoxy) is 1. The lowest BCUT2D eigenvalue weighted by Gasteiger charge is -2.37. The van der Waals surface area contributed by atoms with Gasteiger partial charge in [0.15, 0.2) is 0 Å². The second kappa shape index (κ2) is 3.69. The number of methoxy groups -OCH3 is 1. The molecule has 0 radical (unpaired) electrons. The zero-order valence-corrected chi connectivity index (χ0v) is 10.2. The van der Waals surface area contributed by atoms with Gasteiger partial charge in [0.05, 0.1) is 11.0 Å². The van der Waals surface area contributed by atoms with Crippen LogP contribution in [0.1, 0.15) is 39.5 Å². The summed E-state index contributed by atoms with van der Waals surface area (Å²) in [7, 11) is 1.84. The molecule has 82 valence electrons. The van der Waals surface area contributed by atoms with Crippen molar-refractivity contribution in [2.75, 3.05) is 12.9 Å². The summed E-state index contributed by atoms with van der Waals surface area (Å²) in [6.07, 6.45) is 5.46. The highest BCUT2D eigenvalue weighted by Crippen LogP contribution is 2.45. The standard InChI is InChI=1S/C11H21NOS/c1-10(2)8-14-11(12-10)6-4-9(13-3)5-7-11/h9,12H,4-8H2,1-3H3. The summed E-state index contributed by atoms with van der Waals surface area (Å²) >= 11 is 2.12. The second-order valence-electron chi connectivity index (χ2n) is 5.23. The zero-order chi connectivity index (χ0) is 10.2. The molecule has 2 aliphatic rings. The van der Waals surface area contributed by atoms with Crippen molar-refractivity contribution >= 4 is 11.8 Å². The molecule has 14 heavy (non-hydrogen) atoms. The van der Waals surface area contributed by atoms with Gasteiger partial charge in [-0.1, -0.05) is 0 Å². The fraction of sp³-hybridized carbons (Fsp3) is 1.00. The largest absolute Gasteiger partial charge is 0.381 e. The van der Waals surface area contributed by atoms with Gasteiger partial charge in [0.2, 0.25) is 0 Å². The Balaban J connectivity index is 1.94. The molecule has 2 fully saturated rings. The molecule has 3 heteroatoms. The number of hydrogen-bond donors (Lipinski definition) is 1. The average Bonchev–Trinajstić information content (AvgIpc) is 2.44. The smallest absolute Gasteiger partial charge is 0.0652 e. The van der Waals surface area contributed by atoms with Crippen LogP contribution in [0, 0.1) is 0 Å². The maximum absolute atomic E-state index is 5.41. The molecule has 0 aromatic heterocycles. The van der Waals surface area contributed by atoms with Gasteiger partial charge in [0.25, 0.3) is 0 Å². The number of hydrogen-bond acceptors (Lipinski definition) is 3. The third-order valence-corrected chi connectivity index (χ3v) is 5.28. The highest BCUT2D eigenvalue weighted by molar-refractivity contribution is 8.00. The van der Waals surface area contributed by atoms with Gasteiger partial charge in [-0.3, -0.25) is 5.32 Å².